The van der Waals surface area contributed by atoms with Crippen LogP contribution in [0.4, 0.5) is 4.79 Å². The van der Waals surface area contributed by atoms with Gasteiger partial charge in [0.1, 0.15) is 12.8 Å². The standard InChI is InChI=1S/C61H93N5O13/c1-14-49(67)54(45-28-38(3)31-52(76-12)57(70)43(8)33-44(9)59(79-61(62)73)51(75-11)22-16-20-41(6)60(72)66-36-78-35-45)64-25-17-23-63-24-18-26-65-55-48-30-39(4)32-53(77-13)56(69)42(7)27-37(2)29-46(74-10)21-15-19-40(5)47(58(48)71)34-50(55)68/h14-16,19-22,27,33-34,38-39,42-43,46,51-53,56-57,59,63-65,69-70H,1,17-18,23-26,28-32,35-36H2,2-13H3,(H2,62,73)(H,66,72)/b21-15-,22-16-,37-27+,40-19+,41-20+,44-33+,54-45+. The maximum Gasteiger partial charge on any atom is 0.405 e. The normalized spacial score (nSPS) is 32.1. The number of amides is 2. The summed E-state index contributed by atoms with van der Waals surface area (Å²) < 4.78 is 34.4. The lowest BCUT2D eigenvalue weighted by atomic mass is 9.82. The molecule has 440 valence electrons. The van der Waals surface area contributed by atoms with Crippen molar-refractivity contribution in [3.05, 3.63) is 118 Å². The van der Waals surface area contributed by atoms with Crippen LogP contribution in [0.15, 0.2) is 118 Å². The highest BCUT2D eigenvalue weighted by molar-refractivity contribution is 6.24. The Morgan fingerprint density at radius 3 is 2.01 bits per heavy atom. The van der Waals surface area contributed by atoms with Crippen LogP contribution in [-0.2, 0) is 47.6 Å². The summed E-state index contributed by atoms with van der Waals surface area (Å²) in [5, 5.41) is 35.8. The number of nitrogens with one attached hydrogen (secondary N) is 4. The molecule has 0 saturated heterocycles. The van der Waals surface area contributed by atoms with Crippen molar-refractivity contribution in [1.82, 2.24) is 21.3 Å². The topological polar surface area (TPSA) is 255 Å². The first-order chi connectivity index (χ1) is 37.6. The fourth-order valence-corrected chi connectivity index (χ4v) is 10.1. The largest absolute Gasteiger partial charge is 0.439 e. The van der Waals surface area contributed by atoms with E-state index >= 15 is 0 Å². The number of carbonyl (C=O) groups excluding carboxylic acids is 5. The molecule has 79 heavy (non-hydrogen) atoms. The van der Waals surface area contributed by atoms with Crippen LogP contribution in [0, 0.1) is 23.7 Å². The predicted octanol–water partition coefficient (Wildman–Crippen LogP) is 6.63. The quantitative estimate of drug-likeness (QED) is 0.0349. The molecule has 18 nitrogen and oxygen atoms in total. The van der Waals surface area contributed by atoms with Crippen LogP contribution >= 0.6 is 0 Å². The molecule has 0 spiro atoms. The van der Waals surface area contributed by atoms with Crippen molar-refractivity contribution < 1.29 is 62.6 Å². The van der Waals surface area contributed by atoms with E-state index in [4.69, 9.17) is 34.2 Å². The average Bonchev–Trinajstić information content (AvgIpc) is 3.42. The Hall–Kier alpha value is -5.57. The van der Waals surface area contributed by atoms with Gasteiger partial charge in [-0.05, 0) is 126 Å². The Labute approximate surface area is 469 Å². The van der Waals surface area contributed by atoms with Gasteiger partial charge in [0.05, 0.1) is 48.5 Å². The van der Waals surface area contributed by atoms with Crippen LogP contribution in [0.25, 0.3) is 0 Å². The average molecular weight is 1100 g/mol. The Bertz CT molecular complexity index is 2360. The van der Waals surface area contributed by atoms with Crippen molar-refractivity contribution in [2.45, 2.75) is 143 Å². The van der Waals surface area contributed by atoms with Crippen molar-refractivity contribution in [2.75, 3.05) is 68.0 Å². The third-order valence-electron chi connectivity index (χ3n) is 14.5. The lowest BCUT2D eigenvalue weighted by Gasteiger charge is -2.30. The zero-order chi connectivity index (χ0) is 58.8. The second kappa shape index (κ2) is 35.2. The van der Waals surface area contributed by atoms with Gasteiger partial charge in [-0.25, -0.2) is 4.79 Å². The number of Topliss-reactive ketones (excluding diaryl/α,β-unsaturated/α-hetero) is 1. The molecule has 2 aliphatic carbocycles. The fourth-order valence-electron chi connectivity index (χ4n) is 10.1. The number of rotatable bonds is 17. The molecule has 1 heterocycles. The zero-order valence-corrected chi connectivity index (χ0v) is 49.0. The zero-order valence-electron chi connectivity index (χ0n) is 49.0. The van der Waals surface area contributed by atoms with Gasteiger partial charge in [-0.2, -0.15) is 0 Å². The van der Waals surface area contributed by atoms with Crippen LogP contribution in [-0.4, -0.2) is 150 Å². The number of primary amides is 1. The summed E-state index contributed by atoms with van der Waals surface area (Å²) in [6.45, 7) is 20.7. The number of ketones is 3. The summed E-state index contributed by atoms with van der Waals surface area (Å²) in [6.07, 6.45) is 14.6. The minimum absolute atomic E-state index is 0.00850. The maximum absolute atomic E-state index is 14.3. The molecule has 18 heteroatoms. The number of hydrogen-bond acceptors (Lipinski definition) is 16. The maximum atomic E-state index is 14.3. The Morgan fingerprint density at radius 1 is 0.797 bits per heavy atom. The Kier molecular flexibility index (Phi) is 30.2. The summed E-state index contributed by atoms with van der Waals surface area (Å²) in [6, 6.07) is 0. The molecule has 2 bridgehead atoms. The van der Waals surface area contributed by atoms with Gasteiger partial charge in [0.15, 0.2) is 11.9 Å². The van der Waals surface area contributed by atoms with Crippen LogP contribution < -0.4 is 27.0 Å². The molecule has 0 aromatic rings. The molecule has 1 aliphatic heterocycles. The number of aliphatic hydroxyl groups excluding tert-OH is 2. The SMILES string of the molecule is C=CC(=O)/C(NCCCNCCCNC1=C2CC(C)CC(OC)C(O)C(C)/C=C(\C)CC(OC)/C=C\C=C(/C)C(=CC1=O)C2=O)=C1\COCNC(=O)/C(C)=C/C=C\C(OC)C(OC(N)=O)/C(C)=C/C(C)C(O)C(OC)CC(C)C1. The van der Waals surface area contributed by atoms with Gasteiger partial charge < -0.3 is 65.6 Å². The number of hydrogen-bond donors (Lipinski definition) is 7. The van der Waals surface area contributed by atoms with Gasteiger partial charge >= 0.3 is 6.09 Å². The van der Waals surface area contributed by atoms with E-state index in [0.717, 1.165) is 5.57 Å². The van der Waals surface area contributed by atoms with Gasteiger partial charge in [-0.3, -0.25) is 19.2 Å². The second-order valence-corrected chi connectivity index (χ2v) is 21.2. The number of fused-ring (bicyclic) bond motifs is 2. The Balaban J connectivity index is 1.76. The highest BCUT2D eigenvalue weighted by atomic mass is 16.6. The van der Waals surface area contributed by atoms with E-state index in [1.54, 1.807) is 52.4 Å². The van der Waals surface area contributed by atoms with Gasteiger partial charge in [0, 0.05) is 70.1 Å². The number of nitrogens with two attached hydrogens (primary N) is 1. The predicted molar refractivity (Wildman–Crippen MR) is 307 cm³/mol. The summed E-state index contributed by atoms with van der Waals surface area (Å²) >= 11 is 0. The molecule has 8 N–H and O–H groups in total. The number of carbonyl (C=O) groups is 5. The van der Waals surface area contributed by atoms with Crippen LogP contribution in [0.5, 0.6) is 0 Å². The molecule has 0 aromatic heterocycles. The third kappa shape index (κ3) is 22.1. The highest BCUT2D eigenvalue weighted by Gasteiger charge is 2.33. The number of allylic oxidation sites excluding steroid dienone is 9. The smallest absolute Gasteiger partial charge is 0.405 e. The number of ether oxygens (including phenoxy) is 6. The van der Waals surface area contributed by atoms with Crippen molar-refractivity contribution >= 4 is 29.4 Å². The van der Waals surface area contributed by atoms with Crippen molar-refractivity contribution in [3.63, 3.8) is 0 Å². The number of aliphatic hydroxyl groups is 2. The lowest BCUT2D eigenvalue weighted by molar-refractivity contribution is -0.119. The van der Waals surface area contributed by atoms with E-state index in [0.29, 0.717) is 110 Å². The van der Waals surface area contributed by atoms with Gasteiger partial charge in [0.25, 0.3) is 0 Å². The molecule has 0 saturated carbocycles. The molecular formula is C61H93N5O13. The molecule has 0 aromatic carbocycles. The highest BCUT2D eigenvalue weighted by Crippen LogP contribution is 2.32. The van der Waals surface area contributed by atoms with E-state index in [1.165, 1.54) is 26.4 Å². The lowest BCUT2D eigenvalue weighted by Crippen LogP contribution is -2.37. The van der Waals surface area contributed by atoms with E-state index in [2.05, 4.69) is 33.9 Å². The molecular weight excluding hydrogens is 1010 g/mol. The van der Waals surface area contributed by atoms with E-state index in [1.807, 2.05) is 59.8 Å². The second-order valence-electron chi connectivity index (χ2n) is 21.2. The van der Waals surface area contributed by atoms with Crippen molar-refractivity contribution in [1.29, 1.82) is 0 Å². The van der Waals surface area contributed by atoms with Crippen LogP contribution in [0.3, 0.4) is 0 Å². The summed E-state index contributed by atoms with van der Waals surface area (Å²) in [5.74, 6) is -2.09. The first kappa shape index (κ1) is 67.7. The summed E-state index contributed by atoms with van der Waals surface area (Å²) in [4.78, 5) is 66.7. The van der Waals surface area contributed by atoms with E-state index in [-0.39, 0.29) is 66.1 Å². The minimum atomic E-state index is -1.00. The van der Waals surface area contributed by atoms with Crippen LogP contribution in [0.2, 0.25) is 0 Å². The first-order valence-corrected chi connectivity index (χ1v) is 27.6. The van der Waals surface area contributed by atoms with Crippen molar-refractivity contribution in [2.24, 2.45) is 29.4 Å². The van der Waals surface area contributed by atoms with Gasteiger partial charge in [-0.15, -0.1) is 0 Å². The van der Waals surface area contributed by atoms with Crippen LogP contribution in [0.1, 0.15) is 100 Å². The molecule has 3 aliphatic rings. The molecule has 3 rings (SSSR count). The summed E-state index contributed by atoms with van der Waals surface area (Å²) in [7, 11) is 6.21. The number of methoxy groups -OCH3 is 4. The molecule has 2 amide bonds. The fraction of sp³-hybridized carbons (Fsp3) is 0.590. The molecule has 0 fully saturated rings. The molecule has 11 unspecified atom stereocenters. The van der Waals surface area contributed by atoms with Gasteiger partial charge in [-0.1, -0.05) is 88.5 Å². The minimum Gasteiger partial charge on any atom is -0.439 e. The van der Waals surface area contributed by atoms with Gasteiger partial charge in [0.2, 0.25) is 17.5 Å². The third-order valence-corrected chi connectivity index (χ3v) is 14.5. The van der Waals surface area contributed by atoms with E-state index < -0.39 is 48.6 Å². The molecule has 0 radical (unpaired) electrons. The molecule has 11 atom stereocenters. The Morgan fingerprint density at radius 2 is 1.41 bits per heavy atom. The summed E-state index contributed by atoms with van der Waals surface area (Å²) in [5.41, 5.74) is 10.2. The van der Waals surface area contributed by atoms with E-state index in [9.17, 15) is 34.2 Å². The van der Waals surface area contributed by atoms with Crippen molar-refractivity contribution in [3.8, 4) is 0 Å². The monoisotopic (exact) mass is 1100 g/mol. The first-order valence-electron chi connectivity index (χ1n) is 27.6.